The third kappa shape index (κ3) is 3.14. The van der Waals surface area contributed by atoms with Crippen LogP contribution < -0.4 is 15.0 Å². The lowest BCUT2D eigenvalue weighted by Crippen LogP contribution is -2.34. The quantitative estimate of drug-likeness (QED) is 0.665. The highest BCUT2D eigenvalue weighted by Gasteiger charge is 2.25. The number of carbonyl (C=O) groups is 1. The molecule has 1 N–H and O–H groups in total. The minimum atomic E-state index is -0.269. The van der Waals surface area contributed by atoms with Gasteiger partial charge >= 0.3 is 6.03 Å². The van der Waals surface area contributed by atoms with Crippen molar-refractivity contribution < 1.29 is 9.53 Å². The molecule has 2 heterocycles. The molecule has 0 aliphatic carbocycles. The Labute approximate surface area is 149 Å². The average Bonchev–Trinajstić information content (AvgIpc) is 2.79. The van der Waals surface area contributed by atoms with Crippen molar-refractivity contribution in [3.8, 4) is 11.5 Å². The van der Waals surface area contributed by atoms with E-state index in [1.54, 1.807) is 47.6 Å². The number of rotatable bonds is 1. The van der Waals surface area contributed by atoms with E-state index in [9.17, 15) is 4.79 Å². The van der Waals surface area contributed by atoms with Gasteiger partial charge in [0.05, 0.1) is 12.2 Å². The van der Waals surface area contributed by atoms with Crippen LogP contribution in [0.3, 0.4) is 0 Å². The van der Waals surface area contributed by atoms with Crippen molar-refractivity contribution in [2.75, 3.05) is 10.2 Å². The van der Waals surface area contributed by atoms with Gasteiger partial charge < -0.3 is 10.1 Å². The van der Waals surface area contributed by atoms with Crippen LogP contribution in [0, 0.1) is 0 Å². The molecule has 2 amide bonds. The van der Waals surface area contributed by atoms with Crippen LogP contribution in [0.25, 0.3) is 0 Å². The van der Waals surface area contributed by atoms with Crippen LogP contribution in [0.15, 0.2) is 67.0 Å². The second kappa shape index (κ2) is 6.45. The number of anilines is 2. The first-order valence-corrected chi connectivity index (χ1v) is 8.12. The third-order valence-electron chi connectivity index (χ3n) is 3.91. The number of halogens is 1. The van der Waals surface area contributed by atoms with Crippen molar-refractivity contribution in [2.24, 2.45) is 0 Å². The van der Waals surface area contributed by atoms with E-state index in [0.29, 0.717) is 28.7 Å². The Hall–Kier alpha value is -3.05. The van der Waals surface area contributed by atoms with Crippen molar-refractivity contribution in [1.82, 2.24) is 4.98 Å². The fraction of sp³-hybridized carbons (Fsp3) is 0.0526. The van der Waals surface area contributed by atoms with Gasteiger partial charge in [-0.15, -0.1) is 0 Å². The molecule has 124 valence electrons. The van der Waals surface area contributed by atoms with Gasteiger partial charge in [-0.3, -0.25) is 9.88 Å². The number of carbonyl (C=O) groups excluding carboxylic acids is 1. The number of aromatic nitrogens is 1. The lowest BCUT2D eigenvalue weighted by molar-refractivity contribution is 0.256. The topological polar surface area (TPSA) is 54.5 Å². The second-order valence-electron chi connectivity index (χ2n) is 5.57. The Kier molecular flexibility index (Phi) is 3.99. The molecule has 5 nitrogen and oxygen atoms in total. The van der Waals surface area contributed by atoms with Crippen LogP contribution in [0.5, 0.6) is 11.5 Å². The van der Waals surface area contributed by atoms with Crippen LogP contribution in [0.4, 0.5) is 16.2 Å². The molecule has 4 rings (SSSR count). The molecule has 3 aromatic rings. The van der Waals surface area contributed by atoms with Gasteiger partial charge in [-0.05, 0) is 36.4 Å². The maximum Gasteiger partial charge on any atom is 0.326 e. The molecule has 0 spiro atoms. The van der Waals surface area contributed by atoms with Gasteiger partial charge in [-0.2, -0.15) is 0 Å². The largest absolute Gasteiger partial charge is 0.455 e. The van der Waals surface area contributed by atoms with Gasteiger partial charge in [0.25, 0.3) is 0 Å². The smallest absolute Gasteiger partial charge is 0.326 e. The number of nitrogens with one attached hydrogen (secondary N) is 1. The van der Waals surface area contributed by atoms with Crippen molar-refractivity contribution in [3.05, 3.63) is 77.6 Å². The lowest BCUT2D eigenvalue weighted by atomic mass is 10.2. The molecule has 1 aromatic heterocycles. The second-order valence-corrected chi connectivity index (χ2v) is 6.01. The molecule has 0 fully saturated rings. The first kappa shape index (κ1) is 15.5. The fourth-order valence-corrected chi connectivity index (χ4v) is 2.87. The van der Waals surface area contributed by atoms with E-state index < -0.39 is 0 Å². The highest BCUT2D eigenvalue weighted by Crippen LogP contribution is 2.40. The third-order valence-corrected chi connectivity index (χ3v) is 4.14. The molecule has 0 atom stereocenters. The molecule has 25 heavy (non-hydrogen) atoms. The molecule has 0 bridgehead atoms. The van der Waals surface area contributed by atoms with E-state index in [2.05, 4.69) is 10.3 Å². The Morgan fingerprint density at radius 2 is 1.88 bits per heavy atom. The highest BCUT2D eigenvalue weighted by molar-refractivity contribution is 6.31. The van der Waals surface area contributed by atoms with Crippen LogP contribution >= 0.6 is 11.6 Å². The van der Waals surface area contributed by atoms with Gasteiger partial charge in [0.2, 0.25) is 0 Å². The summed E-state index contributed by atoms with van der Waals surface area (Å²) in [6.45, 7) is 0.375. The Morgan fingerprint density at radius 1 is 1.08 bits per heavy atom. The summed E-state index contributed by atoms with van der Waals surface area (Å²) in [6, 6.07) is 16.1. The number of urea groups is 1. The van der Waals surface area contributed by atoms with Gasteiger partial charge in [0.15, 0.2) is 5.75 Å². The number of hydrogen-bond donors (Lipinski definition) is 1. The summed E-state index contributed by atoms with van der Waals surface area (Å²) < 4.78 is 6.00. The maximum atomic E-state index is 12.9. The van der Waals surface area contributed by atoms with E-state index in [4.69, 9.17) is 16.3 Å². The van der Waals surface area contributed by atoms with Crippen LogP contribution in [-0.4, -0.2) is 11.0 Å². The predicted octanol–water partition coefficient (Wildman–Crippen LogP) is 5.08. The zero-order chi connectivity index (χ0) is 17.2. The fourth-order valence-electron chi connectivity index (χ4n) is 2.70. The normalized spacial score (nSPS) is 12.4. The first-order valence-electron chi connectivity index (χ1n) is 7.74. The van der Waals surface area contributed by atoms with E-state index in [1.165, 1.54) is 0 Å². The van der Waals surface area contributed by atoms with Crippen molar-refractivity contribution in [1.29, 1.82) is 0 Å². The SMILES string of the molecule is O=C(Nc1ccncc1)N1Cc2ccccc2Oc2ccc(Cl)cc21. The summed E-state index contributed by atoms with van der Waals surface area (Å²) in [6.07, 6.45) is 3.25. The van der Waals surface area contributed by atoms with E-state index in [-0.39, 0.29) is 6.03 Å². The predicted molar refractivity (Wildman–Crippen MR) is 97.4 cm³/mol. The van der Waals surface area contributed by atoms with E-state index >= 15 is 0 Å². The Morgan fingerprint density at radius 3 is 2.72 bits per heavy atom. The molecular formula is C19H14ClN3O2. The molecular weight excluding hydrogens is 338 g/mol. The molecule has 6 heteroatoms. The maximum absolute atomic E-state index is 12.9. The minimum Gasteiger partial charge on any atom is -0.455 e. The standard InChI is InChI=1S/C19H14ClN3O2/c20-14-5-6-18-16(11-14)23(12-13-3-1-2-4-17(13)25-18)19(24)22-15-7-9-21-10-8-15/h1-11H,12H2,(H,21,22,24). The van der Waals surface area contributed by atoms with Gasteiger partial charge in [-0.25, -0.2) is 4.79 Å². The number of nitrogens with zero attached hydrogens (tertiary/aromatic N) is 2. The summed E-state index contributed by atoms with van der Waals surface area (Å²) in [5.74, 6) is 1.31. The van der Waals surface area contributed by atoms with Crippen molar-refractivity contribution in [3.63, 3.8) is 0 Å². The van der Waals surface area contributed by atoms with E-state index in [0.717, 1.165) is 11.3 Å². The molecule has 2 aromatic carbocycles. The number of amides is 2. The van der Waals surface area contributed by atoms with Gasteiger partial charge in [0.1, 0.15) is 5.75 Å². The highest BCUT2D eigenvalue weighted by atomic mass is 35.5. The Balaban J connectivity index is 1.75. The summed E-state index contributed by atoms with van der Waals surface area (Å²) >= 11 is 6.15. The summed E-state index contributed by atoms with van der Waals surface area (Å²) in [5.41, 5.74) is 2.21. The molecule has 0 saturated carbocycles. The van der Waals surface area contributed by atoms with Crippen molar-refractivity contribution >= 4 is 29.0 Å². The summed E-state index contributed by atoms with van der Waals surface area (Å²) in [4.78, 5) is 18.5. The average molecular weight is 352 g/mol. The number of para-hydroxylation sites is 1. The molecule has 1 aliphatic heterocycles. The monoisotopic (exact) mass is 351 g/mol. The van der Waals surface area contributed by atoms with E-state index in [1.807, 2.05) is 24.3 Å². The first-order chi connectivity index (χ1) is 12.2. The molecule has 0 unspecified atom stereocenters. The zero-order valence-electron chi connectivity index (χ0n) is 13.1. The number of pyridine rings is 1. The minimum absolute atomic E-state index is 0.269. The molecule has 0 radical (unpaired) electrons. The summed E-state index contributed by atoms with van der Waals surface area (Å²) in [7, 11) is 0. The van der Waals surface area contributed by atoms with Gasteiger partial charge in [-0.1, -0.05) is 29.8 Å². The number of hydrogen-bond acceptors (Lipinski definition) is 3. The number of benzene rings is 2. The van der Waals surface area contributed by atoms with Crippen molar-refractivity contribution in [2.45, 2.75) is 6.54 Å². The van der Waals surface area contributed by atoms with Crippen LogP contribution in [0.2, 0.25) is 5.02 Å². The van der Waals surface area contributed by atoms with Crippen LogP contribution in [-0.2, 0) is 6.54 Å². The van der Waals surface area contributed by atoms with Gasteiger partial charge in [0, 0.05) is 28.7 Å². The Bertz CT molecular complexity index is 931. The lowest BCUT2D eigenvalue weighted by Gasteiger charge is -2.22. The number of fused-ring (bicyclic) bond motifs is 2. The molecule has 1 aliphatic rings. The van der Waals surface area contributed by atoms with Crippen LogP contribution in [0.1, 0.15) is 5.56 Å². The summed E-state index contributed by atoms with van der Waals surface area (Å²) in [5, 5.41) is 3.42. The molecule has 0 saturated heterocycles. The number of ether oxygens (including phenoxy) is 1. The zero-order valence-corrected chi connectivity index (χ0v) is 13.9.